The molecule has 0 saturated heterocycles. The number of alkyl halides is 1. The Balaban J connectivity index is 2.19. The molecule has 3 rings (SSSR count). The van der Waals surface area contributed by atoms with Crippen molar-refractivity contribution in [3.8, 4) is 11.3 Å². The van der Waals surface area contributed by atoms with Crippen LogP contribution >= 0.6 is 0 Å². The summed E-state index contributed by atoms with van der Waals surface area (Å²) in [6, 6.07) is 6.37. The maximum atomic E-state index is 12.8. The minimum absolute atomic E-state index is 0.370. The zero-order chi connectivity index (χ0) is 18.1. The fraction of sp³-hybridized carbons (Fsp3) is 0.429. The molecule has 25 heavy (non-hydrogen) atoms. The number of rotatable bonds is 5. The lowest BCUT2D eigenvalue weighted by atomic mass is 10.0. The Labute approximate surface area is 148 Å². The molecule has 0 saturated carbocycles. The van der Waals surface area contributed by atoms with Crippen LogP contribution in [0.15, 0.2) is 24.4 Å². The molecule has 0 aliphatic rings. The molecule has 0 radical (unpaired) electrons. The van der Waals surface area contributed by atoms with Gasteiger partial charge in [-0.3, -0.25) is 4.98 Å². The van der Waals surface area contributed by atoms with Gasteiger partial charge in [-0.2, -0.15) is 0 Å². The average Bonchev–Trinajstić information content (AvgIpc) is 2.89. The molecule has 3 aromatic rings. The quantitative estimate of drug-likeness (QED) is 0.625. The van der Waals surface area contributed by atoms with Crippen molar-refractivity contribution in [1.29, 1.82) is 0 Å². The number of hydrogen-bond acceptors (Lipinski definition) is 2. The van der Waals surface area contributed by atoms with Crippen molar-refractivity contribution in [2.24, 2.45) is 0 Å². The van der Waals surface area contributed by atoms with Gasteiger partial charge in [0.05, 0.1) is 23.3 Å². The Morgan fingerprint density at radius 2 is 1.88 bits per heavy atom. The largest absolute Gasteiger partial charge is 0.343 e. The SMILES string of the molecule is CCc1nc(C(C)C)ccc1-c1nc2c(C)cn(CCF)c2cc1C. The molecule has 0 atom stereocenters. The second kappa shape index (κ2) is 6.95. The van der Waals surface area contributed by atoms with E-state index < -0.39 is 0 Å². The van der Waals surface area contributed by atoms with Crippen molar-refractivity contribution in [3.63, 3.8) is 0 Å². The third-order valence-corrected chi connectivity index (χ3v) is 4.73. The molecular weight excluding hydrogens is 313 g/mol. The number of pyridine rings is 2. The Morgan fingerprint density at radius 1 is 1.12 bits per heavy atom. The maximum Gasteiger partial charge on any atom is 0.107 e. The van der Waals surface area contributed by atoms with Crippen molar-refractivity contribution in [3.05, 3.63) is 46.9 Å². The third-order valence-electron chi connectivity index (χ3n) is 4.73. The van der Waals surface area contributed by atoms with Crippen LogP contribution in [0.5, 0.6) is 0 Å². The van der Waals surface area contributed by atoms with E-state index >= 15 is 0 Å². The number of aromatic nitrogens is 3. The highest BCUT2D eigenvalue weighted by Crippen LogP contribution is 2.30. The number of fused-ring (bicyclic) bond motifs is 1. The molecule has 4 heteroatoms. The molecule has 0 amide bonds. The molecule has 0 bridgehead atoms. The van der Waals surface area contributed by atoms with Gasteiger partial charge in [-0.25, -0.2) is 9.37 Å². The van der Waals surface area contributed by atoms with Crippen molar-refractivity contribution in [1.82, 2.24) is 14.5 Å². The summed E-state index contributed by atoms with van der Waals surface area (Å²) < 4.78 is 14.8. The number of nitrogens with zero attached hydrogens (tertiary/aromatic N) is 3. The summed E-state index contributed by atoms with van der Waals surface area (Å²) in [7, 11) is 0. The van der Waals surface area contributed by atoms with Crippen molar-refractivity contribution in [2.45, 2.75) is 53.5 Å². The Bertz CT molecular complexity index is 909. The summed E-state index contributed by atoms with van der Waals surface area (Å²) in [5.41, 5.74) is 8.41. The van der Waals surface area contributed by atoms with Crippen LogP contribution in [0.1, 0.15) is 49.2 Å². The van der Waals surface area contributed by atoms with Gasteiger partial charge in [0.25, 0.3) is 0 Å². The van der Waals surface area contributed by atoms with Gasteiger partial charge < -0.3 is 4.57 Å². The first kappa shape index (κ1) is 17.6. The zero-order valence-corrected chi connectivity index (χ0v) is 15.7. The third kappa shape index (κ3) is 3.17. The lowest BCUT2D eigenvalue weighted by Crippen LogP contribution is -2.02. The van der Waals surface area contributed by atoms with Gasteiger partial charge in [0.2, 0.25) is 0 Å². The zero-order valence-electron chi connectivity index (χ0n) is 15.7. The molecule has 3 nitrogen and oxygen atoms in total. The molecule has 0 fully saturated rings. The first-order chi connectivity index (χ1) is 12.0. The van der Waals surface area contributed by atoms with Gasteiger partial charge in [0, 0.05) is 23.1 Å². The molecule has 3 aromatic heterocycles. The summed E-state index contributed by atoms with van der Waals surface area (Å²) in [6.07, 6.45) is 2.86. The van der Waals surface area contributed by atoms with Gasteiger partial charge in [-0.1, -0.05) is 20.8 Å². The monoisotopic (exact) mass is 339 g/mol. The van der Waals surface area contributed by atoms with Crippen molar-refractivity contribution >= 4 is 11.0 Å². The van der Waals surface area contributed by atoms with E-state index in [0.29, 0.717) is 12.5 Å². The molecule has 0 aliphatic heterocycles. The lowest BCUT2D eigenvalue weighted by molar-refractivity contribution is 0.451. The average molecular weight is 339 g/mol. The second-order valence-electron chi connectivity index (χ2n) is 6.95. The fourth-order valence-corrected chi connectivity index (χ4v) is 3.35. The normalized spacial score (nSPS) is 11.6. The highest BCUT2D eigenvalue weighted by Gasteiger charge is 2.15. The Hall–Kier alpha value is -2.23. The minimum atomic E-state index is -0.370. The predicted molar refractivity (Wildman–Crippen MR) is 102 cm³/mol. The van der Waals surface area contributed by atoms with Crippen LogP contribution < -0.4 is 0 Å². The van der Waals surface area contributed by atoms with Crippen molar-refractivity contribution in [2.75, 3.05) is 6.67 Å². The van der Waals surface area contributed by atoms with E-state index in [-0.39, 0.29) is 6.67 Å². The van der Waals surface area contributed by atoms with E-state index in [1.54, 1.807) is 0 Å². The minimum Gasteiger partial charge on any atom is -0.343 e. The van der Waals surface area contributed by atoms with E-state index in [1.807, 2.05) is 17.7 Å². The summed E-state index contributed by atoms with van der Waals surface area (Å²) in [4.78, 5) is 9.80. The number of halogens is 1. The van der Waals surface area contributed by atoms with E-state index in [4.69, 9.17) is 9.97 Å². The summed E-state index contributed by atoms with van der Waals surface area (Å²) in [5.74, 6) is 0.410. The smallest absolute Gasteiger partial charge is 0.107 e. The van der Waals surface area contributed by atoms with Crippen LogP contribution in [0.4, 0.5) is 4.39 Å². The van der Waals surface area contributed by atoms with Crippen molar-refractivity contribution < 1.29 is 4.39 Å². The van der Waals surface area contributed by atoms with Crippen LogP contribution in [0.2, 0.25) is 0 Å². The number of aryl methyl sites for hydroxylation is 4. The van der Waals surface area contributed by atoms with Crippen LogP contribution in [0.25, 0.3) is 22.3 Å². The van der Waals surface area contributed by atoms with E-state index in [0.717, 1.165) is 51.2 Å². The molecule has 3 heterocycles. The molecule has 0 N–H and O–H groups in total. The standard InChI is InChI=1S/C21H26FN3/c1-6-17-16(7-8-18(23-17)13(2)3)20-14(4)11-19-21(24-20)15(5)12-25(19)10-9-22/h7-8,11-13H,6,9-10H2,1-5H3. The predicted octanol–water partition coefficient (Wildman–Crippen LogP) is 5.37. The van der Waals surface area contributed by atoms with Gasteiger partial charge >= 0.3 is 0 Å². The van der Waals surface area contributed by atoms with Gasteiger partial charge in [0.15, 0.2) is 0 Å². The van der Waals surface area contributed by atoms with Crippen LogP contribution in [0.3, 0.4) is 0 Å². The molecule has 0 spiro atoms. The molecular formula is C21H26FN3. The van der Waals surface area contributed by atoms with Gasteiger partial charge in [-0.15, -0.1) is 0 Å². The molecule has 0 aromatic carbocycles. The van der Waals surface area contributed by atoms with E-state index in [9.17, 15) is 4.39 Å². The molecule has 132 valence electrons. The topological polar surface area (TPSA) is 30.7 Å². The van der Waals surface area contributed by atoms with Gasteiger partial charge in [-0.05, 0) is 55.5 Å². The highest BCUT2D eigenvalue weighted by atomic mass is 19.1. The second-order valence-corrected chi connectivity index (χ2v) is 6.95. The summed E-state index contributed by atoms with van der Waals surface area (Å²) >= 11 is 0. The molecule has 0 unspecified atom stereocenters. The van der Waals surface area contributed by atoms with Crippen LogP contribution in [-0.2, 0) is 13.0 Å². The first-order valence-corrected chi connectivity index (χ1v) is 8.99. The van der Waals surface area contributed by atoms with E-state index in [2.05, 4.69) is 45.9 Å². The van der Waals surface area contributed by atoms with Gasteiger partial charge in [0.1, 0.15) is 6.67 Å². The maximum absolute atomic E-state index is 12.8. The fourth-order valence-electron chi connectivity index (χ4n) is 3.35. The van der Waals surface area contributed by atoms with Crippen LogP contribution in [-0.4, -0.2) is 21.2 Å². The highest BCUT2D eigenvalue weighted by molar-refractivity contribution is 5.84. The summed E-state index contributed by atoms with van der Waals surface area (Å²) in [5, 5.41) is 0. The lowest BCUT2D eigenvalue weighted by Gasteiger charge is -2.13. The van der Waals surface area contributed by atoms with Crippen LogP contribution in [0, 0.1) is 13.8 Å². The summed E-state index contributed by atoms with van der Waals surface area (Å²) in [6.45, 7) is 10.6. The Morgan fingerprint density at radius 3 is 2.52 bits per heavy atom. The Kier molecular flexibility index (Phi) is 4.89. The van der Waals surface area contributed by atoms with E-state index in [1.165, 1.54) is 0 Å². The first-order valence-electron chi connectivity index (χ1n) is 8.99. The number of hydrogen-bond donors (Lipinski definition) is 0. The molecule has 0 aliphatic carbocycles.